The Morgan fingerprint density at radius 2 is 1.81 bits per heavy atom. The Morgan fingerprint density at radius 3 is 2.59 bits per heavy atom. The molecule has 1 amide bonds. The average Bonchev–Trinajstić information content (AvgIpc) is 3.10. The van der Waals surface area contributed by atoms with Gasteiger partial charge in [-0.15, -0.1) is 0 Å². The molecule has 3 rings (SSSR count). The van der Waals surface area contributed by atoms with Crippen LogP contribution in [0, 0.1) is 0 Å². The first kappa shape index (κ1) is 18.5. The lowest BCUT2D eigenvalue weighted by Crippen LogP contribution is -2.45. The van der Waals surface area contributed by atoms with Crippen molar-refractivity contribution >= 4 is 22.8 Å². The van der Waals surface area contributed by atoms with Crippen LogP contribution in [0.4, 0.5) is 0 Å². The summed E-state index contributed by atoms with van der Waals surface area (Å²) in [6.45, 7) is 1.81. The normalized spacial score (nSPS) is 11.7. The summed E-state index contributed by atoms with van der Waals surface area (Å²) >= 11 is 0. The highest BCUT2D eigenvalue weighted by Crippen LogP contribution is 2.19. The molecule has 6 heteroatoms. The zero-order chi connectivity index (χ0) is 19.1. The summed E-state index contributed by atoms with van der Waals surface area (Å²) in [6.07, 6.45) is 2.18. The molecule has 0 aliphatic carbocycles. The minimum absolute atomic E-state index is 0.173. The van der Waals surface area contributed by atoms with Crippen LogP contribution in [0.5, 0.6) is 5.75 Å². The van der Waals surface area contributed by atoms with Gasteiger partial charge in [0, 0.05) is 23.5 Å². The number of hydrogen-bond donors (Lipinski definition) is 2. The number of benzene rings is 2. The van der Waals surface area contributed by atoms with Gasteiger partial charge in [0.2, 0.25) is 0 Å². The van der Waals surface area contributed by atoms with E-state index >= 15 is 0 Å². The molecule has 0 aliphatic heterocycles. The van der Waals surface area contributed by atoms with E-state index in [4.69, 9.17) is 9.47 Å². The molecule has 3 aromatic rings. The fourth-order valence-corrected chi connectivity index (χ4v) is 2.86. The van der Waals surface area contributed by atoms with E-state index in [1.165, 1.54) is 0 Å². The number of aromatic amines is 1. The Hall–Kier alpha value is -3.28. The van der Waals surface area contributed by atoms with Crippen LogP contribution < -0.4 is 10.1 Å². The monoisotopic (exact) mass is 366 g/mol. The second kappa shape index (κ2) is 8.89. The molecule has 1 aromatic heterocycles. The maximum absolute atomic E-state index is 12.3. The number of para-hydroxylation sites is 2. The first-order valence-electron chi connectivity index (χ1n) is 8.86. The number of rotatable bonds is 8. The number of H-pyrrole nitrogens is 1. The van der Waals surface area contributed by atoms with E-state index in [0.717, 1.165) is 16.5 Å². The molecular formula is C21H22N2O4. The molecule has 0 fully saturated rings. The van der Waals surface area contributed by atoms with E-state index in [1.54, 1.807) is 19.1 Å². The third-order valence-electron chi connectivity index (χ3n) is 4.12. The third kappa shape index (κ3) is 4.88. The average molecular weight is 366 g/mol. The predicted molar refractivity (Wildman–Crippen MR) is 103 cm³/mol. The number of carbonyl (C=O) groups is 2. The highest BCUT2D eigenvalue weighted by Gasteiger charge is 2.24. The van der Waals surface area contributed by atoms with Crippen LogP contribution in [0.3, 0.4) is 0 Å². The summed E-state index contributed by atoms with van der Waals surface area (Å²) in [6, 6.07) is 16.1. The summed E-state index contributed by atoms with van der Waals surface area (Å²) in [4.78, 5) is 27.8. The van der Waals surface area contributed by atoms with E-state index in [0.29, 0.717) is 12.2 Å². The number of carbonyl (C=O) groups excluding carboxylic acids is 2. The molecule has 140 valence electrons. The molecule has 0 aliphatic rings. The van der Waals surface area contributed by atoms with Crippen LogP contribution in [-0.2, 0) is 20.7 Å². The second-order valence-corrected chi connectivity index (χ2v) is 6.04. The molecule has 0 spiro atoms. The molecule has 0 saturated heterocycles. The molecule has 0 saturated carbocycles. The van der Waals surface area contributed by atoms with Gasteiger partial charge in [0.05, 0.1) is 6.61 Å². The summed E-state index contributed by atoms with van der Waals surface area (Å²) in [7, 11) is 0. The van der Waals surface area contributed by atoms with Crippen LogP contribution in [-0.4, -0.2) is 36.1 Å². The molecular weight excluding hydrogens is 344 g/mol. The third-order valence-corrected chi connectivity index (χ3v) is 4.12. The lowest BCUT2D eigenvalue weighted by Gasteiger charge is -2.17. The van der Waals surface area contributed by atoms with Gasteiger partial charge < -0.3 is 19.8 Å². The number of fused-ring (bicyclic) bond motifs is 1. The molecule has 1 unspecified atom stereocenters. The number of ether oxygens (including phenoxy) is 2. The van der Waals surface area contributed by atoms with Crippen molar-refractivity contribution in [3.8, 4) is 5.75 Å². The highest BCUT2D eigenvalue weighted by atomic mass is 16.5. The van der Waals surface area contributed by atoms with Crippen molar-refractivity contribution in [1.82, 2.24) is 10.3 Å². The van der Waals surface area contributed by atoms with E-state index in [2.05, 4.69) is 10.3 Å². The highest BCUT2D eigenvalue weighted by molar-refractivity contribution is 5.87. The zero-order valence-corrected chi connectivity index (χ0v) is 15.1. The van der Waals surface area contributed by atoms with Crippen LogP contribution in [0.2, 0.25) is 0 Å². The van der Waals surface area contributed by atoms with Crippen LogP contribution >= 0.6 is 0 Å². The second-order valence-electron chi connectivity index (χ2n) is 6.04. The van der Waals surface area contributed by atoms with Gasteiger partial charge in [-0.05, 0) is 30.7 Å². The molecule has 0 radical (unpaired) electrons. The molecule has 1 heterocycles. The maximum Gasteiger partial charge on any atom is 0.328 e. The first-order chi connectivity index (χ1) is 13.2. The molecule has 0 bridgehead atoms. The zero-order valence-electron chi connectivity index (χ0n) is 15.1. The lowest BCUT2D eigenvalue weighted by atomic mass is 10.0. The summed E-state index contributed by atoms with van der Waals surface area (Å²) in [5.41, 5.74) is 1.92. The van der Waals surface area contributed by atoms with Crippen LogP contribution in [0.15, 0.2) is 60.8 Å². The fraction of sp³-hybridized carbons (Fsp3) is 0.238. The van der Waals surface area contributed by atoms with Crippen LogP contribution in [0.1, 0.15) is 12.5 Å². The maximum atomic E-state index is 12.3. The van der Waals surface area contributed by atoms with Gasteiger partial charge in [-0.25, -0.2) is 4.79 Å². The molecule has 6 nitrogen and oxygen atoms in total. The minimum atomic E-state index is -0.781. The van der Waals surface area contributed by atoms with Gasteiger partial charge in [0.15, 0.2) is 6.61 Å². The predicted octanol–water partition coefficient (Wildman–Crippen LogP) is 2.84. The molecule has 2 aromatic carbocycles. The van der Waals surface area contributed by atoms with E-state index in [9.17, 15) is 9.59 Å². The van der Waals surface area contributed by atoms with Gasteiger partial charge in [-0.1, -0.05) is 36.4 Å². The van der Waals surface area contributed by atoms with Crippen molar-refractivity contribution in [3.63, 3.8) is 0 Å². The fourth-order valence-electron chi connectivity index (χ4n) is 2.86. The SMILES string of the molecule is CCOC(=O)C(Cc1c[nH]c2ccccc12)NC(=O)COc1ccccc1. The minimum Gasteiger partial charge on any atom is -0.484 e. The van der Waals surface area contributed by atoms with Gasteiger partial charge in [0.25, 0.3) is 5.91 Å². The van der Waals surface area contributed by atoms with Crippen LogP contribution in [0.25, 0.3) is 10.9 Å². The summed E-state index contributed by atoms with van der Waals surface area (Å²) in [5.74, 6) is -0.246. The number of amides is 1. The number of hydrogen-bond acceptors (Lipinski definition) is 4. The van der Waals surface area contributed by atoms with Crippen molar-refractivity contribution in [2.75, 3.05) is 13.2 Å². The van der Waals surface area contributed by atoms with Gasteiger partial charge in [0.1, 0.15) is 11.8 Å². The first-order valence-corrected chi connectivity index (χ1v) is 8.86. The number of esters is 1. The Bertz CT molecular complexity index is 905. The quantitative estimate of drug-likeness (QED) is 0.601. The Balaban J connectivity index is 1.67. The van der Waals surface area contributed by atoms with Crippen molar-refractivity contribution in [3.05, 3.63) is 66.4 Å². The van der Waals surface area contributed by atoms with Crippen molar-refractivity contribution < 1.29 is 19.1 Å². The molecule has 1 atom stereocenters. The molecule has 27 heavy (non-hydrogen) atoms. The van der Waals surface area contributed by atoms with Crippen molar-refractivity contribution in [1.29, 1.82) is 0 Å². The van der Waals surface area contributed by atoms with Gasteiger partial charge in [-0.3, -0.25) is 4.79 Å². The molecule has 2 N–H and O–H groups in total. The smallest absolute Gasteiger partial charge is 0.328 e. The van der Waals surface area contributed by atoms with Gasteiger partial charge in [-0.2, -0.15) is 0 Å². The lowest BCUT2D eigenvalue weighted by molar-refractivity contribution is -0.147. The summed E-state index contributed by atoms with van der Waals surface area (Å²) < 4.78 is 10.6. The standard InChI is InChI=1S/C21H22N2O4/c1-2-26-21(25)19(12-15-13-22-18-11-7-6-10-17(15)18)23-20(24)14-27-16-8-4-3-5-9-16/h3-11,13,19,22H,2,12,14H2,1H3,(H,23,24). The number of nitrogens with one attached hydrogen (secondary N) is 2. The number of aromatic nitrogens is 1. The van der Waals surface area contributed by atoms with Gasteiger partial charge >= 0.3 is 5.97 Å². The van der Waals surface area contributed by atoms with E-state index < -0.39 is 12.0 Å². The largest absolute Gasteiger partial charge is 0.484 e. The Kier molecular flexibility index (Phi) is 6.10. The van der Waals surface area contributed by atoms with E-state index in [-0.39, 0.29) is 19.1 Å². The summed E-state index contributed by atoms with van der Waals surface area (Å²) in [5, 5.41) is 3.74. The van der Waals surface area contributed by atoms with E-state index in [1.807, 2.05) is 48.7 Å². The topological polar surface area (TPSA) is 80.4 Å². The Morgan fingerprint density at radius 1 is 1.07 bits per heavy atom. The van der Waals surface area contributed by atoms with Crippen molar-refractivity contribution in [2.24, 2.45) is 0 Å². The Labute approximate surface area is 157 Å². The van der Waals surface area contributed by atoms with Crippen molar-refractivity contribution in [2.45, 2.75) is 19.4 Å².